The Bertz CT molecular complexity index is 3600. The van der Waals surface area contributed by atoms with Crippen molar-refractivity contribution in [3.63, 3.8) is 0 Å². The van der Waals surface area contributed by atoms with Gasteiger partial charge >= 0.3 is 23.2 Å². The minimum atomic E-state index is -0.833. The van der Waals surface area contributed by atoms with Gasteiger partial charge in [0.1, 0.15) is 28.4 Å². The maximum atomic E-state index is 12.9. The van der Waals surface area contributed by atoms with Crippen molar-refractivity contribution in [3.05, 3.63) is 207 Å². The number of ether oxygens (including phenoxy) is 4. The van der Waals surface area contributed by atoms with Crippen LogP contribution in [0.1, 0.15) is 65.1 Å². The summed E-state index contributed by atoms with van der Waals surface area (Å²) in [4.78, 5) is 58.9. The molecule has 0 aliphatic carbocycles. The molecule has 9 aromatic rings. The van der Waals surface area contributed by atoms with Crippen LogP contribution in [0.3, 0.4) is 0 Å². The van der Waals surface area contributed by atoms with Crippen molar-refractivity contribution in [1.82, 2.24) is 9.78 Å². The first-order valence-corrected chi connectivity index (χ1v) is 23.4. The first kappa shape index (κ1) is 50.8. The number of hydrogen-bond donors (Lipinski definition) is 1. The van der Waals surface area contributed by atoms with Crippen molar-refractivity contribution >= 4 is 51.2 Å². The standard InChI is InChI=1S/C28H24N2O5.C28H22N2O5.C2H4O2/c2*1-3-34-27(31)19-11-9-18(10-12-19)25-17-24(29-30(25)21-7-5-4-6-8-21)23-16-20-15-22(33-2)13-14-26(20)35-28(23)32;1-2(3)4/h4-16,25H,3,17H2,1-2H3;4-17H,3H2,1-2H3;1H3,(H,3,4). The van der Waals surface area contributed by atoms with Gasteiger partial charge in [-0.05, 0) is 123 Å². The predicted octanol–water partition coefficient (Wildman–Crippen LogP) is 10.9. The van der Waals surface area contributed by atoms with Crippen LogP contribution in [-0.4, -0.2) is 65.9 Å². The number of benzene rings is 6. The Labute approximate surface area is 424 Å². The smallest absolute Gasteiger partial charge is 0.345 e. The van der Waals surface area contributed by atoms with Crippen molar-refractivity contribution in [1.29, 1.82) is 0 Å². The molecule has 0 bridgehead atoms. The van der Waals surface area contributed by atoms with Crippen molar-refractivity contribution in [3.8, 4) is 39.7 Å². The summed E-state index contributed by atoms with van der Waals surface area (Å²) in [6.45, 7) is 5.26. The van der Waals surface area contributed by atoms with Gasteiger partial charge in [-0.2, -0.15) is 10.2 Å². The number of anilines is 1. The van der Waals surface area contributed by atoms with Gasteiger partial charge in [0.2, 0.25) is 0 Å². The van der Waals surface area contributed by atoms with Gasteiger partial charge in [-0.15, -0.1) is 0 Å². The van der Waals surface area contributed by atoms with Crippen LogP contribution >= 0.6 is 0 Å². The lowest BCUT2D eigenvalue weighted by Crippen LogP contribution is -2.18. The molecule has 0 saturated heterocycles. The summed E-state index contributed by atoms with van der Waals surface area (Å²) in [6, 6.07) is 49.6. The molecule has 6 aromatic carbocycles. The average Bonchev–Trinajstić information content (AvgIpc) is 4.08. The number of hydrogen-bond acceptors (Lipinski definition) is 14. The van der Waals surface area contributed by atoms with Crippen molar-refractivity contribution < 1.29 is 47.3 Å². The van der Waals surface area contributed by atoms with E-state index < -0.39 is 17.2 Å². The van der Waals surface area contributed by atoms with Crippen LogP contribution in [0.15, 0.2) is 187 Å². The first-order chi connectivity index (χ1) is 35.9. The number of nitrogens with zero attached hydrogens (tertiary/aromatic N) is 4. The summed E-state index contributed by atoms with van der Waals surface area (Å²) in [6.07, 6.45) is 0.494. The highest BCUT2D eigenvalue weighted by atomic mass is 16.5. The summed E-state index contributed by atoms with van der Waals surface area (Å²) < 4.78 is 33.7. The molecule has 16 heteroatoms. The Balaban J connectivity index is 0.000000184. The number of fused-ring (bicyclic) bond motifs is 2. The van der Waals surface area contributed by atoms with E-state index >= 15 is 0 Å². The summed E-state index contributed by atoms with van der Waals surface area (Å²) >= 11 is 0. The Morgan fingerprint density at radius 3 is 1.62 bits per heavy atom. The molecule has 1 atom stereocenters. The average molecular weight is 995 g/mol. The third-order valence-corrected chi connectivity index (χ3v) is 11.6. The quantitative estimate of drug-likeness (QED) is 0.0894. The number of carboxylic acids is 1. The zero-order valence-corrected chi connectivity index (χ0v) is 41.0. The first-order valence-electron chi connectivity index (χ1n) is 23.4. The molecule has 3 aromatic heterocycles. The molecule has 0 saturated carbocycles. The lowest BCUT2D eigenvalue weighted by molar-refractivity contribution is -0.134. The molecular formula is C58H50N4O12. The van der Waals surface area contributed by atoms with Crippen LogP contribution in [0.2, 0.25) is 0 Å². The van der Waals surface area contributed by atoms with Gasteiger partial charge in [0.15, 0.2) is 0 Å². The fraction of sp³-hybridized carbons (Fsp3) is 0.155. The number of carboxylic acid groups (broad SMARTS) is 1. The van der Waals surface area contributed by atoms with E-state index in [0.717, 1.165) is 45.9 Å². The number of esters is 2. The van der Waals surface area contributed by atoms with Crippen molar-refractivity contribution in [2.45, 2.75) is 33.2 Å². The molecule has 0 spiro atoms. The lowest BCUT2D eigenvalue weighted by Gasteiger charge is -2.24. The Hall–Kier alpha value is -9.57. The van der Waals surface area contributed by atoms with E-state index in [0.29, 0.717) is 76.0 Å². The Morgan fingerprint density at radius 2 is 1.11 bits per heavy atom. The van der Waals surface area contributed by atoms with E-state index in [-0.39, 0.29) is 18.0 Å². The molecule has 1 aliphatic heterocycles. The predicted molar refractivity (Wildman–Crippen MR) is 281 cm³/mol. The minimum absolute atomic E-state index is 0.163. The number of carbonyl (C=O) groups is 3. The Kier molecular flexibility index (Phi) is 15.9. The molecule has 10 rings (SSSR count). The zero-order valence-electron chi connectivity index (χ0n) is 41.0. The summed E-state index contributed by atoms with van der Waals surface area (Å²) in [5, 5.41) is 20.4. The van der Waals surface area contributed by atoms with E-state index in [9.17, 15) is 19.2 Å². The third kappa shape index (κ3) is 11.6. The van der Waals surface area contributed by atoms with Crippen molar-refractivity contribution in [2.24, 2.45) is 5.10 Å². The topological polar surface area (TPSA) is 202 Å². The minimum Gasteiger partial charge on any atom is -0.497 e. The number of rotatable bonds is 12. The highest BCUT2D eigenvalue weighted by Gasteiger charge is 2.32. The van der Waals surface area contributed by atoms with Crippen LogP contribution < -0.4 is 25.7 Å². The molecular weight excluding hydrogens is 945 g/mol. The molecule has 374 valence electrons. The Morgan fingerprint density at radius 1 is 0.622 bits per heavy atom. The molecule has 1 aliphatic rings. The number of methoxy groups -OCH3 is 2. The van der Waals surface area contributed by atoms with Gasteiger partial charge in [0, 0.05) is 29.7 Å². The zero-order chi connectivity index (χ0) is 52.3. The molecule has 0 amide bonds. The van der Waals surface area contributed by atoms with Gasteiger partial charge in [0.05, 0.1) is 78.5 Å². The normalized spacial score (nSPS) is 12.7. The highest BCUT2D eigenvalue weighted by Crippen LogP contribution is 2.37. The van der Waals surface area contributed by atoms with Gasteiger partial charge in [0.25, 0.3) is 5.97 Å². The second-order valence-electron chi connectivity index (χ2n) is 16.5. The molecule has 1 unspecified atom stereocenters. The summed E-state index contributed by atoms with van der Waals surface area (Å²) in [5.41, 5.74) is 7.12. The molecule has 1 N–H and O–H groups in total. The lowest BCUT2D eigenvalue weighted by atomic mass is 9.97. The third-order valence-electron chi connectivity index (χ3n) is 11.6. The van der Waals surface area contributed by atoms with E-state index in [1.54, 1.807) is 93.4 Å². The number of carbonyl (C=O) groups excluding carboxylic acids is 2. The number of aromatic nitrogens is 2. The van der Waals surface area contributed by atoms with Crippen molar-refractivity contribution in [2.75, 3.05) is 32.4 Å². The van der Waals surface area contributed by atoms with Crippen LogP contribution in [0.5, 0.6) is 11.5 Å². The maximum absolute atomic E-state index is 12.9. The number of hydrazone groups is 1. The summed E-state index contributed by atoms with van der Waals surface area (Å²) in [7, 11) is 3.18. The number of para-hydroxylation sites is 2. The fourth-order valence-corrected chi connectivity index (χ4v) is 8.12. The van der Waals surface area contributed by atoms with Gasteiger partial charge in [-0.1, -0.05) is 60.7 Å². The second kappa shape index (κ2) is 23.1. The van der Waals surface area contributed by atoms with Crippen LogP contribution in [0, 0.1) is 0 Å². The van der Waals surface area contributed by atoms with Crippen LogP contribution in [0.25, 0.3) is 50.1 Å². The SMILES string of the molecule is CC(=O)O.CCOC(=O)c1ccc(-c2cc(-c3cc4cc(OC)ccc4oc3=O)nn2-c2ccccc2)cc1.CCOC(=O)c1ccc(C2CC(c3cc4cc(OC)ccc4oc3=O)=NN2c2ccccc2)cc1. The van der Waals surface area contributed by atoms with Gasteiger partial charge in [-0.3, -0.25) is 9.80 Å². The van der Waals surface area contributed by atoms with Gasteiger partial charge in [-0.25, -0.2) is 23.9 Å². The molecule has 0 fully saturated rings. The molecule has 74 heavy (non-hydrogen) atoms. The van der Waals surface area contributed by atoms with E-state index in [1.807, 2.05) is 108 Å². The second-order valence-corrected chi connectivity index (χ2v) is 16.5. The van der Waals surface area contributed by atoms with E-state index in [2.05, 4.69) is 0 Å². The van der Waals surface area contributed by atoms with Crippen LogP contribution in [0.4, 0.5) is 5.69 Å². The monoisotopic (exact) mass is 994 g/mol. The molecule has 0 radical (unpaired) electrons. The summed E-state index contributed by atoms with van der Waals surface area (Å²) in [5.74, 6) is -0.224. The number of aliphatic carboxylic acids is 1. The van der Waals surface area contributed by atoms with Crippen LogP contribution in [-0.2, 0) is 14.3 Å². The molecule has 16 nitrogen and oxygen atoms in total. The molecule has 4 heterocycles. The van der Waals surface area contributed by atoms with E-state index in [1.165, 1.54) is 0 Å². The van der Waals surface area contributed by atoms with Gasteiger partial charge < -0.3 is 32.9 Å². The van der Waals surface area contributed by atoms with E-state index in [4.69, 9.17) is 47.9 Å². The highest BCUT2D eigenvalue weighted by molar-refractivity contribution is 6.04. The maximum Gasteiger partial charge on any atom is 0.345 e. The fourth-order valence-electron chi connectivity index (χ4n) is 8.12. The largest absolute Gasteiger partial charge is 0.497 e.